The minimum atomic E-state index is -0.454. The van der Waals surface area contributed by atoms with Crippen LogP contribution in [0.2, 0.25) is 0 Å². The predicted octanol–water partition coefficient (Wildman–Crippen LogP) is 2.01. The molecule has 0 bridgehead atoms. The van der Waals surface area contributed by atoms with Crippen LogP contribution in [0.15, 0.2) is 12.1 Å². The molecule has 1 aromatic rings. The summed E-state index contributed by atoms with van der Waals surface area (Å²) in [4.78, 5) is 13.4. The van der Waals surface area contributed by atoms with Crippen molar-refractivity contribution in [3.05, 3.63) is 34.9 Å². The van der Waals surface area contributed by atoms with Crippen LogP contribution >= 0.6 is 12.4 Å². The molecule has 1 unspecified atom stereocenters. The topological polar surface area (TPSA) is 46.3 Å². The van der Waals surface area contributed by atoms with E-state index in [1.807, 2.05) is 0 Å². The number of hydrogen-bond donors (Lipinski definition) is 1. The van der Waals surface area contributed by atoms with Crippen molar-refractivity contribution in [1.29, 1.82) is 0 Å². The van der Waals surface area contributed by atoms with Gasteiger partial charge in [0.05, 0.1) is 0 Å². The number of hydrogen-bond acceptors (Lipinski definition) is 2. The molecule has 106 valence electrons. The van der Waals surface area contributed by atoms with E-state index in [1.54, 1.807) is 6.92 Å². The average Bonchev–Trinajstić information content (AvgIpc) is 2.33. The van der Waals surface area contributed by atoms with Crippen LogP contribution in [0.4, 0.5) is 8.78 Å². The Morgan fingerprint density at radius 1 is 1.37 bits per heavy atom. The molecule has 0 aromatic heterocycles. The van der Waals surface area contributed by atoms with Crippen molar-refractivity contribution < 1.29 is 13.6 Å². The van der Waals surface area contributed by atoms with E-state index < -0.39 is 11.6 Å². The number of nitrogens with two attached hydrogens (primary N) is 1. The third-order valence-electron chi connectivity index (χ3n) is 3.15. The second-order valence-corrected chi connectivity index (χ2v) is 4.73. The van der Waals surface area contributed by atoms with Gasteiger partial charge in [-0.1, -0.05) is 0 Å². The molecule has 0 spiro atoms. The van der Waals surface area contributed by atoms with Crippen molar-refractivity contribution in [3.8, 4) is 0 Å². The SMILES string of the molecule is CC(N)CC(=O)N1CCc2c(F)ccc(F)c2C1.Cl. The molecule has 6 heteroatoms. The van der Waals surface area contributed by atoms with Crippen molar-refractivity contribution >= 4 is 18.3 Å². The highest BCUT2D eigenvalue weighted by atomic mass is 35.5. The first kappa shape index (κ1) is 15.9. The summed E-state index contributed by atoms with van der Waals surface area (Å²) in [5.74, 6) is -0.963. The highest BCUT2D eigenvalue weighted by molar-refractivity contribution is 5.85. The van der Waals surface area contributed by atoms with Gasteiger partial charge in [-0.2, -0.15) is 0 Å². The molecule has 1 aromatic carbocycles. The van der Waals surface area contributed by atoms with Crippen LogP contribution in [0, 0.1) is 11.6 Å². The standard InChI is InChI=1S/C13H16F2N2O.ClH/c1-8(16)6-13(18)17-5-4-9-10(7-17)12(15)3-2-11(9)14;/h2-3,8H,4-7,16H2,1H3;1H. The van der Waals surface area contributed by atoms with Gasteiger partial charge in [0.15, 0.2) is 0 Å². The van der Waals surface area contributed by atoms with Gasteiger partial charge in [0, 0.05) is 31.1 Å². The minimum Gasteiger partial charge on any atom is -0.338 e. The lowest BCUT2D eigenvalue weighted by Gasteiger charge is -2.29. The van der Waals surface area contributed by atoms with Crippen LogP contribution < -0.4 is 5.73 Å². The number of benzene rings is 1. The Labute approximate surface area is 117 Å². The summed E-state index contributed by atoms with van der Waals surface area (Å²) in [5.41, 5.74) is 6.25. The number of carbonyl (C=O) groups is 1. The Morgan fingerprint density at radius 2 is 1.95 bits per heavy atom. The Bertz CT molecular complexity index is 480. The molecule has 3 nitrogen and oxygen atoms in total. The molecule has 0 aliphatic carbocycles. The molecular weight excluding hydrogens is 274 g/mol. The third kappa shape index (κ3) is 3.42. The van der Waals surface area contributed by atoms with Gasteiger partial charge in [0.1, 0.15) is 11.6 Å². The van der Waals surface area contributed by atoms with Gasteiger partial charge in [-0.15, -0.1) is 12.4 Å². The lowest BCUT2D eigenvalue weighted by molar-refractivity contribution is -0.132. The predicted molar refractivity (Wildman–Crippen MR) is 71.0 cm³/mol. The van der Waals surface area contributed by atoms with Gasteiger partial charge in [0.25, 0.3) is 0 Å². The number of amides is 1. The molecule has 1 amide bonds. The zero-order chi connectivity index (χ0) is 13.3. The summed E-state index contributed by atoms with van der Waals surface area (Å²) in [6, 6.07) is 2.01. The van der Waals surface area contributed by atoms with Gasteiger partial charge in [0.2, 0.25) is 5.91 Å². The summed E-state index contributed by atoms with van der Waals surface area (Å²) in [5, 5.41) is 0. The Kier molecular flexibility index (Phi) is 5.26. The Morgan fingerprint density at radius 3 is 2.53 bits per heavy atom. The number of nitrogens with zero attached hydrogens (tertiary/aromatic N) is 1. The first-order chi connectivity index (χ1) is 8.49. The largest absolute Gasteiger partial charge is 0.338 e. The van der Waals surface area contributed by atoms with Gasteiger partial charge < -0.3 is 10.6 Å². The average molecular weight is 291 g/mol. The summed E-state index contributed by atoms with van der Waals surface area (Å²) in [6.07, 6.45) is 0.579. The third-order valence-corrected chi connectivity index (χ3v) is 3.15. The molecule has 0 radical (unpaired) electrons. The van der Waals surface area contributed by atoms with Gasteiger partial charge in [-0.05, 0) is 31.0 Å². The highest BCUT2D eigenvalue weighted by Gasteiger charge is 2.25. The van der Waals surface area contributed by atoms with E-state index in [0.29, 0.717) is 24.1 Å². The zero-order valence-electron chi connectivity index (χ0n) is 10.7. The molecule has 2 N–H and O–H groups in total. The Balaban J connectivity index is 0.00000180. The molecule has 0 saturated carbocycles. The van der Waals surface area contributed by atoms with E-state index in [9.17, 15) is 13.6 Å². The van der Waals surface area contributed by atoms with Crippen molar-refractivity contribution in [2.24, 2.45) is 5.73 Å². The van der Waals surface area contributed by atoms with Crippen LogP contribution in [0.1, 0.15) is 24.5 Å². The normalized spacial score (nSPS) is 15.5. The second-order valence-electron chi connectivity index (χ2n) is 4.73. The molecule has 0 fully saturated rings. The zero-order valence-corrected chi connectivity index (χ0v) is 11.5. The van der Waals surface area contributed by atoms with E-state index in [2.05, 4.69) is 0 Å². The monoisotopic (exact) mass is 290 g/mol. The van der Waals surface area contributed by atoms with Gasteiger partial charge >= 0.3 is 0 Å². The number of fused-ring (bicyclic) bond motifs is 1. The molecule has 19 heavy (non-hydrogen) atoms. The molecular formula is C13H17ClF2N2O. The fourth-order valence-corrected chi connectivity index (χ4v) is 2.21. The lowest BCUT2D eigenvalue weighted by atomic mass is 9.98. The van der Waals surface area contributed by atoms with Crippen LogP contribution in [-0.4, -0.2) is 23.4 Å². The maximum Gasteiger partial charge on any atom is 0.224 e. The fourth-order valence-electron chi connectivity index (χ4n) is 2.21. The Hall–Kier alpha value is -1.20. The van der Waals surface area contributed by atoms with Crippen molar-refractivity contribution in [1.82, 2.24) is 4.90 Å². The van der Waals surface area contributed by atoms with E-state index >= 15 is 0 Å². The lowest BCUT2D eigenvalue weighted by Crippen LogP contribution is -2.39. The molecule has 1 aliphatic heterocycles. The number of halogens is 3. The van der Waals surface area contributed by atoms with Crippen LogP contribution in [-0.2, 0) is 17.8 Å². The smallest absolute Gasteiger partial charge is 0.224 e. The summed E-state index contributed by atoms with van der Waals surface area (Å²) in [6.45, 7) is 2.29. The van der Waals surface area contributed by atoms with E-state index in [0.717, 1.165) is 12.1 Å². The van der Waals surface area contributed by atoms with E-state index in [-0.39, 0.29) is 37.3 Å². The van der Waals surface area contributed by atoms with Crippen molar-refractivity contribution in [2.75, 3.05) is 6.54 Å². The number of rotatable bonds is 2. The second kappa shape index (κ2) is 6.30. The minimum absolute atomic E-state index is 0. The molecule has 1 aliphatic rings. The summed E-state index contributed by atoms with van der Waals surface area (Å²) < 4.78 is 27.1. The molecule has 2 rings (SSSR count). The quantitative estimate of drug-likeness (QED) is 0.906. The van der Waals surface area contributed by atoms with E-state index in [1.165, 1.54) is 4.90 Å². The maximum absolute atomic E-state index is 13.6. The van der Waals surface area contributed by atoms with Crippen LogP contribution in [0.25, 0.3) is 0 Å². The fraction of sp³-hybridized carbons (Fsp3) is 0.462. The molecule has 1 heterocycles. The van der Waals surface area contributed by atoms with Gasteiger partial charge in [-0.25, -0.2) is 8.78 Å². The molecule has 1 atom stereocenters. The van der Waals surface area contributed by atoms with E-state index in [4.69, 9.17) is 5.73 Å². The van der Waals surface area contributed by atoms with Crippen LogP contribution in [0.3, 0.4) is 0 Å². The molecule has 0 saturated heterocycles. The summed E-state index contributed by atoms with van der Waals surface area (Å²) in [7, 11) is 0. The first-order valence-electron chi connectivity index (χ1n) is 5.98. The van der Waals surface area contributed by atoms with Crippen LogP contribution in [0.5, 0.6) is 0 Å². The highest BCUT2D eigenvalue weighted by Crippen LogP contribution is 2.24. The summed E-state index contributed by atoms with van der Waals surface area (Å²) >= 11 is 0. The van der Waals surface area contributed by atoms with Crippen molar-refractivity contribution in [2.45, 2.75) is 32.4 Å². The van der Waals surface area contributed by atoms with Crippen molar-refractivity contribution in [3.63, 3.8) is 0 Å². The first-order valence-corrected chi connectivity index (χ1v) is 5.98. The number of carbonyl (C=O) groups excluding carboxylic acids is 1. The maximum atomic E-state index is 13.6. The van der Waals surface area contributed by atoms with Gasteiger partial charge in [-0.3, -0.25) is 4.79 Å².